The number of carbonyl (C=O) groups excluding carboxylic acids is 1. The minimum Gasteiger partial charge on any atom is -0.440 e. The predicted molar refractivity (Wildman–Crippen MR) is 72.5 cm³/mol. The monoisotopic (exact) mass is 315 g/mol. The Morgan fingerprint density at radius 1 is 1.45 bits per heavy atom. The van der Waals surface area contributed by atoms with E-state index in [0.29, 0.717) is 0 Å². The average Bonchev–Trinajstić information content (AvgIpc) is 2.78. The third-order valence-electron chi connectivity index (χ3n) is 2.32. The highest BCUT2D eigenvalue weighted by atomic mass is 35.5. The summed E-state index contributed by atoms with van der Waals surface area (Å²) in [5.74, 6) is -0.947. The van der Waals surface area contributed by atoms with Gasteiger partial charge in [0.2, 0.25) is 0 Å². The van der Waals surface area contributed by atoms with Crippen molar-refractivity contribution in [1.82, 2.24) is 0 Å². The SMILES string of the molecule is CC(=O)c1cc([N+](=O)[O-])c(Oc2ccc(Cl)c(F)c2)s1. The Labute approximate surface area is 121 Å². The molecule has 0 aliphatic rings. The van der Waals surface area contributed by atoms with Gasteiger partial charge < -0.3 is 4.74 Å². The van der Waals surface area contributed by atoms with E-state index in [0.717, 1.165) is 23.5 Å². The first-order chi connectivity index (χ1) is 9.38. The predicted octanol–water partition coefficient (Wildman–Crippen LogP) is 4.44. The third-order valence-corrected chi connectivity index (χ3v) is 3.73. The molecule has 0 N–H and O–H groups in total. The molecule has 8 heteroatoms. The molecule has 0 radical (unpaired) electrons. The second kappa shape index (κ2) is 5.56. The molecule has 5 nitrogen and oxygen atoms in total. The number of nitrogens with zero attached hydrogens (tertiary/aromatic N) is 1. The molecule has 0 aliphatic carbocycles. The highest BCUT2D eigenvalue weighted by molar-refractivity contribution is 7.16. The number of hydrogen-bond acceptors (Lipinski definition) is 5. The lowest BCUT2D eigenvalue weighted by molar-refractivity contribution is -0.385. The van der Waals surface area contributed by atoms with Gasteiger partial charge in [-0.2, -0.15) is 0 Å². The normalized spacial score (nSPS) is 10.3. The number of rotatable bonds is 4. The number of benzene rings is 1. The Morgan fingerprint density at radius 2 is 2.15 bits per heavy atom. The van der Waals surface area contributed by atoms with Gasteiger partial charge in [-0.25, -0.2) is 4.39 Å². The molecule has 0 aliphatic heterocycles. The topological polar surface area (TPSA) is 69.4 Å². The van der Waals surface area contributed by atoms with Crippen LogP contribution in [0.15, 0.2) is 24.3 Å². The summed E-state index contributed by atoms with van der Waals surface area (Å²) in [4.78, 5) is 21.7. The maximum Gasteiger partial charge on any atom is 0.323 e. The largest absolute Gasteiger partial charge is 0.440 e. The van der Waals surface area contributed by atoms with Gasteiger partial charge in [0, 0.05) is 12.1 Å². The van der Waals surface area contributed by atoms with Gasteiger partial charge in [0.1, 0.15) is 11.6 Å². The summed E-state index contributed by atoms with van der Waals surface area (Å²) in [5.41, 5.74) is -0.337. The first-order valence-electron chi connectivity index (χ1n) is 5.30. The minimum absolute atomic E-state index is 0.0620. The summed E-state index contributed by atoms with van der Waals surface area (Å²) in [5, 5.41) is 10.7. The second-order valence-electron chi connectivity index (χ2n) is 3.77. The number of nitro groups is 1. The molecule has 0 atom stereocenters. The van der Waals surface area contributed by atoms with E-state index in [4.69, 9.17) is 16.3 Å². The summed E-state index contributed by atoms with van der Waals surface area (Å²) in [6, 6.07) is 4.80. The van der Waals surface area contributed by atoms with Gasteiger partial charge in [0.05, 0.1) is 14.8 Å². The number of ether oxygens (including phenoxy) is 1. The van der Waals surface area contributed by atoms with Gasteiger partial charge in [-0.3, -0.25) is 14.9 Å². The summed E-state index contributed by atoms with van der Waals surface area (Å²) < 4.78 is 18.5. The molecule has 0 bridgehead atoms. The van der Waals surface area contributed by atoms with Crippen molar-refractivity contribution in [2.45, 2.75) is 6.92 Å². The maximum absolute atomic E-state index is 13.3. The second-order valence-corrected chi connectivity index (χ2v) is 5.20. The fourth-order valence-corrected chi connectivity index (χ4v) is 2.39. The van der Waals surface area contributed by atoms with Crippen molar-refractivity contribution < 1.29 is 18.8 Å². The number of halogens is 2. The van der Waals surface area contributed by atoms with Gasteiger partial charge in [0.15, 0.2) is 5.78 Å². The Hall–Kier alpha value is -1.99. The molecule has 2 aromatic rings. The lowest BCUT2D eigenvalue weighted by Crippen LogP contribution is -1.90. The molecule has 1 aromatic heterocycles. The Bertz CT molecular complexity index is 701. The first-order valence-corrected chi connectivity index (χ1v) is 6.50. The first kappa shape index (κ1) is 14.4. The van der Waals surface area contributed by atoms with Crippen LogP contribution in [0.3, 0.4) is 0 Å². The molecule has 20 heavy (non-hydrogen) atoms. The van der Waals surface area contributed by atoms with E-state index < -0.39 is 10.7 Å². The van der Waals surface area contributed by atoms with Crippen LogP contribution in [0.1, 0.15) is 16.6 Å². The zero-order valence-corrected chi connectivity index (χ0v) is 11.6. The highest BCUT2D eigenvalue weighted by Gasteiger charge is 2.23. The summed E-state index contributed by atoms with van der Waals surface area (Å²) in [6.07, 6.45) is 0. The molecule has 0 spiro atoms. The minimum atomic E-state index is -0.699. The van der Waals surface area contributed by atoms with Crippen LogP contribution in [-0.4, -0.2) is 10.7 Å². The number of carbonyl (C=O) groups is 1. The number of Topliss-reactive ketones (excluding diaryl/α,β-unsaturated/α-hetero) is 1. The van der Waals surface area contributed by atoms with Crippen LogP contribution in [0.4, 0.5) is 10.1 Å². The number of hydrogen-bond donors (Lipinski definition) is 0. The van der Waals surface area contributed by atoms with Gasteiger partial charge >= 0.3 is 5.69 Å². The summed E-state index contributed by atoms with van der Waals surface area (Å²) >= 11 is 6.36. The van der Waals surface area contributed by atoms with Crippen LogP contribution in [0.5, 0.6) is 10.8 Å². The van der Waals surface area contributed by atoms with Gasteiger partial charge in [-0.1, -0.05) is 22.9 Å². The van der Waals surface area contributed by atoms with Crippen molar-refractivity contribution in [3.63, 3.8) is 0 Å². The van der Waals surface area contributed by atoms with E-state index in [9.17, 15) is 19.3 Å². The van der Waals surface area contributed by atoms with E-state index in [2.05, 4.69) is 0 Å². The molecule has 0 saturated heterocycles. The molecule has 104 valence electrons. The van der Waals surface area contributed by atoms with Crippen molar-refractivity contribution >= 4 is 34.4 Å². The van der Waals surface area contributed by atoms with Crippen LogP contribution in [0, 0.1) is 15.9 Å². The highest BCUT2D eigenvalue weighted by Crippen LogP contribution is 2.40. The fourth-order valence-electron chi connectivity index (χ4n) is 1.39. The molecular weight excluding hydrogens is 309 g/mol. The number of ketones is 1. The average molecular weight is 316 g/mol. The van der Waals surface area contributed by atoms with Crippen LogP contribution in [0.2, 0.25) is 5.02 Å². The van der Waals surface area contributed by atoms with Crippen LogP contribution in [0.25, 0.3) is 0 Å². The maximum atomic E-state index is 13.3. The molecule has 0 unspecified atom stereocenters. The molecule has 1 heterocycles. The van der Waals surface area contributed by atoms with Crippen LogP contribution in [-0.2, 0) is 0 Å². The van der Waals surface area contributed by atoms with Gasteiger partial charge in [-0.15, -0.1) is 0 Å². The summed E-state index contributed by atoms with van der Waals surface area (Å²) in [7, 11) is 0. The zero-order chi connectivity index (χ0) is 14.9. The summed E-state index contributed by atoms with van der Waals surface area (Å²) in [6.45, 7) is 1.29. The molecule has 0 fully saturated rings. The number of thiophene rings is 1. The van der Waals surface area contributed by atoms with Crippen LogP contribution >= 0.6 is 22.9 Å². The van der Waals surface area contributed by atoms with Crippen molar-refractivity contribution in [1.29, 1.82) is 0 Å². The Morgan fingerprint density at radius 3 is 2.70 bits per heavy atom. The molecule has 1 aromatic carbocycles. The fraction of sp³-hybridized carbons (Fsp3) is 0.0833. The third kappa shape index (κ3) is 2.94. The van der Waals surface area contributed by atoms with E-state index in [1.165, 1.54) is 19.1 Å². The molecular formula is C12H7ClFNO4S. The lowest BCUT2D eigenvalue weighted by Gasteiger charge is -2.03. The lowest BCUT2D eigenvalue weighted by atomic mass is 10.3. The molecule has 0 amide bonds. The van der Waals surface area contributed by atoms with E-state index in [1.54, 1.807) is 0 Å². The molecule has 0 saturated carbocycles. The van der Waals surface area contributed by atoms with Gasteiger partial charge in [-0.05, 0) is 19.1 Å². The van der Waals surface area contributed by atoms with E-state index in [-0.39, 0.29) is 32.2 Å². The van der Waals surface area contributed by atoms with Crippen molar-refractivity contribution in [2.75, 3.05) is 0 Å². The van der Waals surface area contributed by atoms with Crippen LogP contribution < -0.4 is 4.74 Å². The van der Waals surface area contributed by atoms with Crippen molar-refractivity contribution in [3.05, 3.63) is 50.1 Å². The smallest absolute Gasteiger partial charge is 0.323 e. The van der Waals surface area contributed by atoms with E-state index in [1.807, 2.05) is 0 Å². The standard InChI is InChI=1S/C12H7ClFNO4S/c1-6(16)11-5-10(15(17)18)12(20-11)19-7-2-3-8(13)9(14)4-7/h2-5H,1H3. The molecule has 2 rings (SSSR count). The Kier molecular flexibility index (Phi) is 4.01. The van der Waals surface area contributed by atoms with Crippen molar-refractivity contribution in [3.8, 4) is 10.8 Å². The van der Waals surface area contributed by atoms with Crippen molar-refractivity contribution in [2.24, 2.45) is 0 Å². The zero-order valence-electron chi connectivity index (χ0n) is 10.1. The Balaban J connectivity index is 2.39. The van der Waals surface area contributed by atoms with E-state index >= 15 is 0 Å². The van der Waals surface area contributed by atoms with Gasteiger partial charge in [0.25, 0.3) is 5.06 Å². The quantitative estimate of drug-likeness (QED) is 0.475.